The van der Waals surface area contributed by atoms with Gasteiger partial charge < -0.3 is 15.8 Å². The van der Waals surface area contributed by atoms with Crippen molar-refractivity contribution in [2.24, 2.45) is 10.9 Å². The highest BCUT2D eigenvalue weighted by Crippen LogP contribution is 2.26. The molecule has 0 aliphatic carbocycles. The van der Waals surface area contributed by atoms with E-state index < -0.39 is 0 Å². The Morgan fingerprint density at radius 2 is 2.15 bits per heavy atom. The zero-order valence-electron chi connectivity index (χ0n) is 12.4. The lowest BCUT2D eigenvalue weighted by Crippen LogP contribution is -2.33. The van der Waals surface area contributed by atoms with Gasteiger partial charge in [-0.3, -0.25) is 0 Å². The number of hydrogen-bond donors (Lipinski definition) is 2. The van der Waals surface area contributed by atoms with Crippen molar-refractivity contribution in [3.8, 4) is 0 Å². The molecule has 1 atom stereocenters. The minimum absolute atomic E-state index is 0.118. The van der Waals surface area contributed by atoms with E-state index in [0.29, 0.717) is 11.6 Å². The van der Waals surface area contributed by atoms with Gasteiger partial charge >= 0.3 is 0 Å². The van der Waals surface area contributed by atoms with Crippen molar-refractivity contribution in [1.82, 2.24) is 0 Å². The maximum Gasteiger partial charge on any atom is 0.171 e. The Morgan fingerprint density at radius 3 is 2.65 bits per heavy atom. The lowest BCUT2D eigenvalue weighted by molar-refractivity contribution is 0.318. The van der Waals surface area contributed by atoms with E-state index in [-0.39, 0.29) is 5.84 Å². The van der Waals surface area contributed by atoms with Gasteiger partial charge in [0.2, 0.25) is 0 Å². The highest BCUT2D eigenvalue weighted by atomic mass is 79.9. The second-order valence-electron chi connectivity index (χ2n) is 4.95. The second-order valence-corrected chi connectivity index (χ2v) is 5.81. The van der Waals surface area contributed by atoms with E-state index in [1.807, 2.05) is 18.2 Å². The summed E-state index contributed by atoms with van der Waals surface area (Å²) in [5.41, 5.74) is 7.51. The molecule has 0 aliphatic rings. The molecule has 1 aromatic carbocycles. The fourth-order valence-corrected chi connectivity index (χ4v) is 2.67. The molecule has 0 fully saturated rings. The molecule has 0 saturated carbocycles. The quantitative estimate of drug-likeness (QED) is 0.341. The molecule has 0 spiro atoms. The standard InChI is InChI=1S/C15H24BrN3O/c1-4-6-9-19(11(3)5-2)12-7-8-13(14(16)10-12)15(17)18-20/h7-8,10-11,20H,4-6,9H2,1-3H3,(H2,17,18). The van der Waals surface area contributed by atoms with Gasteiger partial charge in [0.05, 0.1) is 0 Å². The molecule has 0 saturated heterocycles. The van der Waals surface area contributed by atoms with Crippen molar-refractivity contribution in [2.75, 3.05) is 11.4 Å². The fraction of sp³-hybridized carbons (Fsp3) is 0.533. The third-order valence-corrected chi connectivity index (χ3v) is 4.20. The second kappa shape index (κ2) is 8.15. The number of benzene rings is 1. The van der Waals surface area contributed by atoms with E-state index in [0.717, 1.165) is 23.1 Å². The molecule has 4 nitrogen and oxygen atoms in total. The number of nitrogens with zero attached hydrogens (tertiary/aromatic N) is 2. The summed E-state index contributed by atoms with van der Waals surface area (Å²) in [6, 6.07) is 6.44. The first kappa shape index (κ1) is 16.8. The summed E-state index contributed by atoms with van der Waals surface area (Å²) < 4.78 is 0.843. The highest BCUT2D eigenvalue weighted by molar-refractivity contribution is 9.10. The molecule has 0 bridgehead atoms. The van der Waals surface area contributed by atoms with Crippen LogP contribution in [0.4, 0.5) is 5.69 Å². The Balaban J connectivity index is 3.06. The zero-order valence-corrected chi connectivity index (χ0v) is 14.0. The molecule has 0 aromatic heterocycles. The molecule has 1 rings (SSSR count). The molecule has 5 heteroatoms. The van der Waals surface area contributed by atoms with Gasteiger partial charge in [0.1, 0.15) is 0 Å². The van der Waals surface area contributed by atoms with Gasteiger partial charge in [-0.2, -0.15) is 0 Å². The average molecular weight is 342 g/mol. The lowest BCUT2D eigenvalue weighted by Gasteiger charge is -2.31. The predicted molar refractivity (Wildman–Crippen MR) is 88.7 cm³/mol. The molecular weight excluding hydrogens is 318 g/mol. The molecule has 0 radical (unpaired) electrons. The van der Waals surface area contributed by atoms with Crippen LogP contribution in [0.2, 0.25) is 0 Å². The number of nitrogens with two attached hydrogens (primary N) is 1. The number of hydrogen-bond acceptors (Lipinski definition) is 3. The fourth-order valence-electron chi connectivity index (χ4n) is 2.10. The number of rotatable bonds is 7. The van der Waals surface area contributed by atoms with Crippen LogP contribution < -0.4 is 10.6 Å². The number of oxime groups is 1. The molecule has 3 N–H and O–H groups in total. The summed E-state index contributed by atoms with van der Waals surface area (Å²) in [7, 11) is 0. The maximum atomic E-state index is 8.77. The first-order valence-corrected chi connectivity index (χ1v) is 7.88. The largest absolute Gasteiger partial charge is 0.409 e. The predicted octanol–water partition coefficient (Wildman–Crippen LogP) is 3.95. The Labute approximate surface area is 129 Å². The third-order valence-electron chi connectivity index (χ3n) is 3.54. The molecule has 0 aliphatic heterocycles. The van der Waals surface area contributed by atoms with Crippen LogP contribution in [-0.2, 0) is 0 Å². The van der Waals surface area contributed by atoms with Gasteiger partial charge in [0.25, 0.3) is 0 Å². The summed E-state index contributed by atoms with van der Waals surface area (Å²) in [6.07, 6.45) is 3.45. The normalized spacial score (nSPS) is 13.3. The van der Waals surface area contributed by atoms with Gasteiger partial charge in [0, 0.05) is 28.3 Å². The first-order chi connectivity index (χ1) is 9.54. The van der Waals surface area contributed by atoms with E-state index in [1.54, 1.807) is 0 Å². The maximum absolute atomic E-state index is 8.77. The summed E-state index contributed by atoms with van der Waals surface area (Å²) >= 11 is 3.50. The minimum Gasteiger partial charge on any atom is -0.409 e. The monoisotopic (exact) mass is 341 g/mol. The Kier molecular flexibility index (Phi) is 6.85. The third kappa shape index (κ3) is 4.13. The van der Waals surface area contributed by atoms with Crippen LogP contribution in [0.1, 0.15) is 45.6 Å². The van der Waals surface area contributed by atoms with Crippen molar-refractivity contribution in [3.05, 3.63) is 28.2 Å². The topological polar surface area (TPSA) is 61.8 Å². The van der Waals surface area contributed by atoms with E-state index in [9.17, 15) is 0 Å². The van der Waals surface area contributed by atoms with Crippen molar-refractivity contribution < 1.29 is 5.21 Å². The lowest BCUT2D eigenvalue weighted by atomic mass is 10.1. The molecule has 20 heavy (non-hydrogen) atoms. The Morgan fingerprint density at radius 1 is 1.45 bits per heavy atom. The summed E-state index contributed by atoms with van der Waals surface area (Å²) in [4.78, 5) is 2.41. The van der Waals surface area contributed by atoms with Gasteiger partial charge in [-0.15, -0.1) is 0 Å². The number of anilines is 1. The smallest absolute Gasteiger partial charge is 0.171 e. The van der Waals surface area contributed by atoms with Gasteiger partial charge in [-0.1, -0.05) is 25.4 Å². The van der Waals surface area contributed by atoms with Crippen LogP contribution in [-0.4, -0.2) is 23.6 Å². The van der Waals surface area contributed by atoms with E-state index in [2.05, 4.69) is 46.8 Å². The van der Waals surface area contributed by atoms with Crippen LogP contribution in [0, 0.1) is 0 Å². The molecule has 0 amide bonds. The van der Waals surface area contributed by atoms with Crippen molar-refractivity contribution in [2.45, 2.75) is 46.1 Å². The number of unbranched alkanes of at least 4 members (excludes halogenated alkanes) is 1. The van der Waals surface area contributed by atoms with Crippen LogP contribution in [0.5, 0.6) is 0 Å². The Bertz CT molecular complexity index is 462. The molecule has 1 aromatic rings. The highest BCUT2D eigenvalue weighted by Gasteiger charge is 2.14. The van der Waals surface area contributed by atoms with E-state index >= 15 is 0 Å². The summed E-state index contributed by atoms with van der Waals surface area (Å²) in [6.45, 7) is 7.68. The molecule has 0 heterocycles. The summed E-state index contributed by atoms with van der Waals surface area (Å²) in [5, 5.41) is 11.8. The van der Waals surface area contributed by atoms with Crippen molar-refractivity contribution in [1.29, 1.82) is 0 Å². The Hall–Kier alpha value is -1.23. The van der Waals surface area contributed by atoms with Crippen molar-refractivity contribution >= 4 is 27.5 Å². The van der Waals surface area contributed by atoms with Crippen LogP contribution >= 0.6 is 15.9 Å². The zero-order chi connectivity index (χ0) is 15.1. The van der Waals surface area contributed by atoms with E-state index in [4.69, 9.17) is 10.9 Å². The number of amidine groups is 1. The van der Waals surface area contributed by atoms with Crippen molar-refractivity contribution in [3.63, 3.8) is 0 Å². The summed E-state index contributed by atoms with van der Waals surface area (Å²) in [5.74, 6) is 0.118. The van der Waals surface area contributed by atoms with Crippen LogP contribution in [0.3, 0.4) is 0 Å². The van der Waals surface area contributed by atoms with Crippen LogP contribution in [0.25, 0.3) is 0 Å². The van der Waals surface area contributed by atoms with E-state index in [1.165, 1.54) is 12.8 Å². The average Bonchev–Trinajstić information content (AvgIpc) is 2.46. The SMILES string of the molecule is CCCCN(c1ccc(/C(N)=N/O)c(Br)c1)C(C)CC. The van der Waals surface area contributed by atoms with Gasteiger partial charge in [0.15, 0.2) is 5.84 Å². The van der Waals surface area contributed by atoms with Gasteiger partial charge in [-0.25, -0.2) is 0 Å². The van der Waals surface area contributed by atoms with Crippen LogP contribution in [0.15, 0.2) is 27.8 Å². The van der Waals surface area contributed by atoms with Gasteiger partial charge in [-0.05, 0) is 53.9 Å². The number of halogens is 1. The first-order valence-electron chi connectivity index (χ1n) is 7.09. The molecule has 1 unspecified atom stereocenters. The molecule has 112 valence electrons. The minimum atomic E-state index is 0.118. The molecular formula is C15H24BrN3O.